The average molecular weight is 154 g/mol. The number of nitrogens with zero attached hydrogens (tertiary/aromatic N) is 1. The lowest BCUT2D eigenvalue weighted by Gasteiger charge is -2.22. The van der Waals surface area contributed by atoms with E-state index in [0.29, 0.717) is 4.48 Å². The molecule has 0 unspecified atom stereocenters. The van der Waals surface area contributed by atoms with E-state index in [1.165, 1.54) is 6.07 Å². The predicted molar refractivity (Wildman–Crippen MR) is 46.0 cm³/mol. The van der Waals surface area contributed by atoms with Gasteiger partial charge in [0.2, 0.25) is 0 Å². The molecule has 0 bridgehead atoms. The number of quaternary nitrogens is 1. The van der Waals surface area contributed by atoms with E-state index in [4.69, 9.17) is 0 Å². The quantitative estimate of drug-likeness (QED) is 0.543. The van der Waals surface area contributed by atoms with Gasteiger partial charge in [0.1, 0.15) is 11.5 Å². The molecule has 0 heterocycles. The lowest BCUT2D eigenvalue weighted by Crippen LogP contribution is -2.34. The average Bonchev–Trinajstić information content (AvgIpc) is 1.86. The second-order valence-electron chi connectivity index (χ2n) is 3.49. The normalized spacial score (nSPS) is 11.6. The Balaban J connectivity index is 3.06. The zero-order valence-electron chi connectivity index (χ0n) is 7.13. The fourth-order valence-electron chi connectivity index (χ4n) is 0.893. The third kappa shape index (κ3) is 2.02. The van der Waals surface area contributed by atoms with Crippen LogP contribution in [-0.4, -0.2) is 21.1 Å². The summed E-state index contributed by atoms with van der Waals surface area (Å²) in [6.07, 6.45) is 0. The van der Waals surface area contributed by atoms with Crippen LogP contribution in [0.2, 0.25) is 0 Å². The van der Waals surface area contributed by atoms with Crippen LogP contribution < -0.4 is 4.48 Å². The zero-order chi connectivity index (χ0) is 8.48. The number of hydrogen-bond donors (Lipinski definition) is 0. The Morgan fingerprint density at radius 2 is 1.82 bits per heavy atom. The van der Waals surface area contributed by atoms with Crippen LogP contribution in [0.5, 0.6) is 0 Å². The summed E-state index contributed by atoms with van der Waals surface area (Å²) in [7, 11) is 6.03. The summed E-state index contributed by atoms with van der Waals surface area (Å²) in [6, 6.07) is 6.66. The Morgan fingerprint density at radius 1 is 1.18 bits per heavy atom. The van der Waals surface area contributed by atoms with Gasteiger partial charge >= 0.3 is 0 Å². The van der Waals surface area contributed by atoms with Crippen LogP contribution in [0.15, 0.2) is 24.3 Å². The van der Waals surface area contributed by atoms with E-state index in [1.54, 1.807) is 12.1 Å². The molecule has 1 rings (SSSR count). The Hall–Kier alpha value is -0.890. The van der Waals surface area contributed by atoms with Gasteiger partial charge in [-0.2, -0.15) is 0 Å². The summed E-state index contributed by atoms with van der Waals surface area (Å²) < 4.78 is 13.3. The number of hydrogen-bond acceptors (Lipinski definition) is 0. The van der Waals surface area contributed by atoms with Crippen molar-refractivity contribution < 1.29 is 4.39 Å². The highest BCUT2D eigenvalue weighted by atomic mass is 19.1. The van der Waals surface area contributed by atoms with Gasteiger partial charge in [0.05, 0.1) is 21.1 Å². The Morgan fingerprint density at radius 3 is 2.18 bits per heavy atom. The van der Waals surface area contributed by atoms with Gasteiger partial charge in [0.25, 0.3) is 0 Å². The first-order valence-corrected chi connectivity index (χ1v) is 3.58. The van der Waals surface area contributed by atoms with Crippen LogP contribution >= 0.6 is 0 Å². The van der Waals surface area contributed by atoms with Crippen LogP contribution in [0.1, 0.15) is 0 Å². The van der Waals surface area contributed by atoms with Gasteiger partial charge < -0.3 is 0 Å². The van der Waals surface area contributed by atoms with E-state index in [2.05, 4.69) is 0 Å². The molecule has 0 aromatic heterocycles. The molecule has 0 amide bonds. The SMILES string of the molecule is C[N+](C)(C)c1cccc(F)c1. The lowest BCUT2D eigenvalue weighted by atomic mass is 10.3. The minimum atomic E-state index is -0.171. The van der Waals surface area contributed by atoms with E-state index >= 15 is 0 Å². The van der Waals surface area contributed by atoms with E-state index in [0.717, 1.165) is 5.69 Å². The molecule has 1 nitrogen and oxygen atoms in total. The van der Waals surface area contributed by atoms with Crippen LogP contribution in [-0.2, 0) is 0 Å². The highest BCUT2D eigenvalue weighted by Gasteiger charge is 2.11. The molecule has 2 heteroatoms. The first-order chi connectivity index (χ1) is 5.00. The Kier molecular flexibility index (Phi) is 1.96. The van der Waals surface area contributed by atoms with E-state index < -0.39 is 0 Å². The molecule has 11 heavy (non-hydrogen) atoms. The van der Waals surface area contributed by atoms with Gasteiger partial charge in [-0.05, 0) is 12.1 Å². The van der Waals surface area contributed by atoms with Gasteiger partial charge in [-0.15, -0.1) is 0 Å². The van der Waals surface area contributed by atoms with Gasteiger partial charge in [-0.25, -0.2) is 4.39 Å². The van der Waals surface area contributed by atoms with Gasteiger partial charge in [0.15, 0.2) is 0 Å². The Bertz CT molecular complexity index is 250. The second kappa shape index (κ2) is 2.62. The van der Waals surface area contributed by atoms with Crippen molar-refractivity contribution in [1.82, 2.24) is 4.48 Å². The molecule has 0 atom stereocenters. The molecule has 0 aliphatic rings. The number of rotatable bonds is 1. The largest absolute Gasteiger partial charge is 0.298 e. The molecule has 60 valence electrons. The third-order valence-electron chi connectivity index (χ3n) is 1.58. The molecule has 0 saturated heterocycles. The fraction of sp³-hybridized carbons (Fsp3) is 0.333. The number of benzene rings is 1. The van der Waals surface area contributed by atoms with E-state index in [1.807, 2.05) is 27.2 Å². The molecular formula is C9H13FN+. The second-order valence-corrected chi connectivity index (χ2v) is 3.49. The van der Waals surface area contributed by atoms with Crippen molar-refractivity contribution in [3.8, 4) is 0 Å². The molecule has 0 aliphatic heterocycles. The molecular weight excluding hydrogens is 141 g/mol. The summed E-state index contributed by atoms with van der Waals surface area (Å²) in [5.41, 5.74) is 0.977. The smallest absolute Gasteiger partial charge is 0.135 e. The molecule has 1 aromatic rings. The van der Waals surface area contributed by atoms with Crippen LogP contribution in [0.4, 0.5) is 10.1 Å². The first kappa shape index (κ1) is 8.21. The minimum absolute atomic E-state index is 0.171. The van der Waals surface area contributed by atoms with Crippen molar-refractivity contribution in [3.05, 3.63) is 30.1 Å². The first-order valence-electron chi connectivity index (χ1n) is 3.58. The number of halogens is 1. The van der Waals surface area contributed by atoms with Crippen molar-refractivity contribution in [2.75, 3.05) is 21.1 Å². The van der Waals surface area contributed by atoms with Crippen molar-refractivity contribution in [3.63, 3.8) is 0 Å². The molecule has 0 aliphatic carbocycles. The molecule has 1 aromatic carbocycles. The summed E-state index contributed by atoms with van der Waals surface area (Å²) in [6.45, 7) is 0. The molecule has 0 fully saturated rings. The van der Waals surface area contributed by atoms with E-state index in [9.17, 15) is 4.39 Å². The summed E-state index contributed by atoms with van der Waals surface area (Å²) in [5.74, 6) is -0.171. The topological polar surface area (TPSA) is 0 Å². The molecule has 0 N–H and O–H groups in total. The maximum absolute atomic E-state index is 12.7. The van der Waals surface area contributed by atoms with Crippen molar-refractivity contribution in [1.29, 1.82) is 0 Å². The maximum atomic E-state index is 12.7. The van der Waals surface area contributed by atoms with Gasteiger partial charge in [-0.3, -0.25) is 4.48 Å². The van der Waals surface area contributed by atoms with Gasteiger partial charge in [-0.1, -0.05) is 6.07 Å². The van der Waals surface area contributed by atoms with Crippen LogP contribution in [0.25, 0.3) is 0 Å². The standard InChI is InChI=1S/C9H13FN/c1-11(2,3)9-6-4-5-8(10)7-9/h4-7H,1-3H3/q+1. The lowest BCUT2D eigenvalue weighted by molar-refractivity contribution is 0.482. The zero-order valence-corrected chi connectivity index (χ0v) is 7.13. The fourth-order valence-corrected chi connectivity index (χ4v) is 0.893. The molecule has 0 spiro atoms. The molecule has 0 saturated carbocycles. The summed E-state index contributed by atoms with van der Waals surface area (Å²) >= 11 is 0. The highest BCUT2D eigenvalue weighted by molar-refractivity contribution is 5.40. The predicted octanol–water partition coefficient (Wildman–Crippen LogP) is 2.02. The van der Waals surface area contributed by atoms with E-state index in [-0.39, 0.29) is 5.82 Å². The third-order valence-corrected chi connectivity index (χ3v) is 1.58. The summed E-state index contributed by atoms with van der Waals surface area (Å²) in [5, 5.41) is 0. The maximum Gasteiger partial charge on any atom is 0.135 e. The van der Waals surface area contributed by atoms with Crippen LogP contribution in [0, 0.1) is 5.82 Å². The molecule has 0 radical (unpaired) electrons. The van der Waals surface area contributed by atoms with Crippen molar-refractivity contribution in [2.45, 2.75) is 0 Å². The summed E-state index contributed by atoms with van der Waals surface area (Å²) in [4.78, 5) is 0. The van der Waals surface area contributed by atoms with Crippen LogP contribution in [0.3, 0.4) is 0 Å². The van der Waals surface area contributed by atoms with Crippen molar-refractivity contribution >= 4 is 5.69 Å². The monoisotopic (exact) mass is 154 g/mol. The Labute approximate surface area is 66.7 Å². The highest BCUT2D eigenvalue weighted by Crippen LogP contribution is 2.16. The van der Waals surface area contributed by atoms with Crippen molar-refractivity contribution in [2.24, 2.45) is 0 Å². The van der Waals surface area contributed by atoms with Gasteiger partial charge in [0, 0.05) is 6.07 Å². The minimum Gasteiger partial charge on any atom is -0.298 e.